The largest absolute Gasteiger partial charge is 0.247 e. The molecular formula is C28H19N. The highest BCUT2D eigenvalue weighted by atomic mass is 14.7. The second-order valence-electron chi connectivity index (χ2n) is 7.75. The minimum absolute atomic E-state index is 1.05. The average molecular weight is 369 g/mol. The minimum Gasteiger partial charge on any atom is -0.247 e. The van der Waals surface area contributed by atoms with Gasteiger partial charge in [-0.1, -0.05) is 84.9 Å². The monoisotopic (exact) mass is 369 g/mol. The molecule has 1 heteroatoms. The van der Waals surface area contributed by atoms with Gasteiger partial charge in [-0.25, -0.2) is 4.98 Å². The van der Waals surface area contributed by atoms with Crippen molar-refractivity contribution in [2.45, 2.75) is 6.92 Å². The minimum atomic E-state index is 1.05. The summed E-state index contributed by atoms with van der Waals surface area (Å²) in [5.74, 6) is 0. The van der Waals surface area contributed by atoms with Gasteiger partial charge in [0.2, 0.25) is 0 Å². The molecule has 0 fully saturated rings. The number of nitrogens with zero attached hydrogens (tertiary/aromatic N) is 1. The fourth-order valence-corrected chi connectivity index (χ4v) is 4.44. The van der Waals surface area contributed by atoms with Gasteiger partial charge in [0, 0.05) is 21.7 Å². The lowest BCUT2D eigenvalue weighted by Gasteiger charge is -2.13. The van der Waals surface area contributed by atoms with Crippen LogP contribution in [0, 0.1) is 6.92 Å². The summed E-state index contributed by atoms with van der Waals surface area (Å²) in [4.78, 5) is 5.15. The Morgan fingerprint density at radius 1 is 0.552 bits per heavy atom. The van der Waals surface area contributed by atoms with Crippen LogP contribution in [0.15, 0.2) is 97.1 Å². The number of benzene rings is 5. The maximum Gasteiger partial charge on any atom is 0.0788 e. The lowest BCUT2D eigenvalue weighted by atomic mass is 9.94. The fraction of sp³-hybridized carbons (Fsp3) is 0.0357. The van der Waals surface area contributed by atoms with E-state index < -0.39 is 0 Å². The number of aromatic nitrogens is 1. The number of fused-ring (bicyclic) bond motifs is 6. The first-order valence-electron chi connectivity index (χ1n) is 9.99. The molecule has 0 aliphatic heterocycles. The molecule has 0 aliphatic carbocycles. The maximum absolute atomic E-state index is 5.15. The van der Waals surface area contributed by atoms with Gasteiger partial charge in [0.15, 0.2) is 0 Å². The molecule has 0 saturated heterocycles. The molecule has 0 atom stereocenters. The Morgan fingerprint density at radius 2 is 1.28 bits per heavy atom. The van der Waals surface area contributed by atoms with Gasteiger partial charge in [0.25, 0.3) is 0 Å². The maximum atomic E-state index is 5.15. The molecule has 0 radical (unpaired) electrons. The summed E-state index contributed by atoms with van der Waals surface area (Å²) < 4.78 is 0. The Hall–Kier alpha value is -3.71. The number of rotatable bonds is 1. The molecule has 1 heterocycles. The smallest absolute Gasteiger partial charge is 0.0788 e. The number of hydrogen-bond donors (Lipinski definition) is 0. The van der Waals surface area contributed by atoms with Gasteiger partial charge in [-0.05, 0) is 46.2 Å². The van der Waals surface area contributed by atoms with Crippen LogP contribution in [-0.4, -0.2) is 4.98 Å². The molecule has 0 aliphatic rings. The zero-order chi connectivity index (χ0) is 19.4. The normalized spacial score (nSPS) is 11.6. The van der Waals surface area contributed by atoms with E-state index in [4.69, 9.17) is 4.98 Å². The third-order valence-electron chi connectivity index (χ3n) is 5.86. The van der Waals surface area contributed by atoms with Crippen molar-refractivity contribution in [1.82, 2.24) is 4.98 Å². The summed E-state index contributed by atoms with van der Waals surface area (Å²) in [5.41, 5.74) is 4.49. The highest BCUT2D eigenvalue weighted by Crippen LogP contribution is 2.37. The lowest BCUT2D eigenvalue weighted by molar-refractivity contribution is 1.41. The van der Waals surface area contributed by atoms with E-state index in [1.54, 1.807) is 0 Å². The molecular weight excluding hydrogens is 350 g/mol. The van der Waals surface area contributed by atoms with Crippen molar-refractivity contribution >= 4 is 43.2 Å². The van der Waals surface area contributed by atoms with E-state index in [9.17, 15) is 0 Å². The van der Waals surface area contributed by atoms with Crippen molar-refractivity contribution in [2.24, 2.45) is 0 Å². The summed E-state index contributed by atoms with van der Waals surface area (Å²) in [6.07, 6.45) is 0. The third kappa shape index (κ3) is 2.51. The summed E-state index contributed by atoms with van der Waals surface area (Å²) >= 11 is 0. The van der Waals surface area contributed by atoms with Crippen LogP contribution in [0.3, 0.4) is 0 Å². The Balaban J connectivity index is 1.80. The van der Waals surface area contributed by atoms with Gasteiger partial charge >= 0.3 is 0 Å². The standard InChI is InChI=1S/C28H19N/c1-18-10-14-24-26(16-18)29-28(22-12-11-19-6-2-3-8-21(19)17-22)25-15-13-20-7-4-5-9-23(20)27(24)25/h2-17H,1H3. The van der Waals surface area contributed by atoms with E-state index in [0.29, 0.717) is 0 Å². The Labute approximate surface area is 169 Å². The molecule has 136 valence electrons. The molecule has 29 heavy (non-hydrogen) atoms. The van der Waals surface area contributed by atoms with Crippen molar-refractivity contribution in [3.63, 3.8) is 0 Å². The molecule has 1 nitrogen and oxygen atoms in total. The van der Waals surface area contributed by atoms with Crippen molar-refractivity contribution in [3.8, 4) is 11.3 Å². The van der Waals surface area contributed by atoms with Crippen LogP contribution in [-0.2, 0) is 0 Å². The Morgan fingerprint density at radius 3 is 2.17 bits per heavy atom. The zero-order valence-corrected chi connectivity index (χ0v) is 16.2. The quantitative estimate of drug-likeness (QED) is 0.271. The van der Waals surface area contributed by atoms with E-state index in [2.05, 4.69) is 104 Å². The van der Waals surface area contributed by atoms with E-state index in [1.807, 2.05) is 0 Å². The summed E-state index contributed by atoms with van der Waals surface area (Å²) in [7, 11) is 0. The van der Waals surface area contributed by atoms with Gasteiger partial charge < -0.3 is 0 Å². The van der Waals surface area contributed by atoms with Crippen LogP contribution >= 0.6 is 0 Å². The van der Waals surface area contributed by atoms with Crippen molar-refractivity contribution in [1.29, 1.82) is 0 Å². The van der Waals surface area contributed by atoms with Crippen LogP contribution in [0.4, 0.5) is 0 Å². The first kappa shape index (κ1) is 16.3. The third-order valence-corrected chi connectivity index (χ3v) is 5.86. The van der Waals surface area contributed by atoms with E-state index in [-0.39, 0.29) is 0 Å². The molecule has 0 unspecified atom stereocenters. The average Bonchev–Trinajstić information content (AvgIpc) is 2.77. The molecule has 0 saturated carbocycles. The number of pyridine rings is 1. The number of hydrogen-bond acceptors (Lipinski definition) is 1. The number of aryl methyl sites for hydroxylation is 1. The highest BCUT2D eigenvalue weighted by molar-refractivity contribution is 6.22. The molecule has 5 aromatic carbocycles. The molecule has 0 amide bonds. The summed E-state index contributed by atoms with van der Waals surface area (Å²) in [6, 6.07) is 34.8. The SMILES string of the molecule is Cc1ccc2c(c1)nc(-c1ccc3ccccc3c1)c1ccc3ccccc3c12. The van der Waals surface area contributed by atoms with Crippen molar-refractivity contribution < 1.29 is 0 Å². The van der Waals surface area contributed by atoms with Gasteiger partial charge in [0.05, 0.1) is 11.2 Å². The van der Waals surface area contributed by atoms with Gasteiger partial charge in [-0.3, -0.25) is 0 Å². The molecule has 0 N–H and O–H groups in total. The Kier molecular flexibility index (Phi) is 3.45. The van der Waals surface area contributed by atoms with Crippen LogP contribution < -0.4 is 0 Å². The summed E-state index contributed by atoms with van der Waals surface area (Å²) in [5, 5.41) is 8.74. The fourth-order valence-electron chi connectivity index (χ4n) is 4.44. The first-order chi connectivity index (χ1) is 14.3. The second kappa shape index (κ2) is 6.15. The zero-order valence-electron chi connectivity index (χ0n) is 16.2. The lowest BCUT2D eigenvalue weighted by Crippen LogP contribution is -1.91. The van der Waals surface area contributed by atoms with Gasteiger partial charge in [-0.15, -0.1) is 0 Å². The molecule has 1 aromatic heterocycles. The Bertz CT molecular complexity index is 1560. The van der Waals surface area contributed by atoms with Gasteiger partial charge in [-0.2, -0.15) is 0 Å². The van der Waals surface area contributed by atoms with E-state index >= 15 is 0 Å². The predicted octanol–water partition coefficient (Wildman–Crippen LogP) is 7.67. The summed E-state index contributed by atoms with van der Waals surface area (Å²) in [6.45, 7) is 2.13. The predicted molar refractivity (Wildman–Crippen MR) is 124 cm³/mol. The van der Waals surface area contributed by atoms with Gasteiger partial charge in [0.1, 0.15) is 0 Å². The van der Waals surface area contributed by atoms with Crippen LogP contribution in [0.25, 0.3) is 54.5 Å². The highest BCUT2D eigenvalue weighted by Gasteiger charge is 2.13. The molecule has 6 aromatic rings. The van der Waals surface area contributed by atoms with Crippen LogP contribution in [0.1, 0.15) is 5.56 Å². The van der Waals surface area contributed by atoms with Crippen LogP contribution in [0.2, 0.25) is 0 Å². The first-order valence-corrected chi connectivity index (χ1v) is 9.99. The molecule has 0 spiro atoms. The molecule has 0 bridgehead atoms. The van der Waals surface area contributed by atoms with Crippen molar-refractivity contribution in [2.75, 3.05) is 0 Å². The molecule has 6 rings (SSSR count). The topological polar surface area (TPSA) is 12.9 Å². The van der Waals surface area contributed by atoms with Crippen molar-refractivity contribution in [3.05, 3.63) is 103 Å². The van der Waals surface area contributed by atoms with Crippen LogP contribution in [0.5, 0.6) is 0 Å². The van der Waals surface area contributed by atoms with E-state index in [0.717, 1.165) is 16.8 Å². The second-order valence-corrected chi connectivity index (χ2v) is 7.75. The van der Waals surface area contributed by atoms with E-state index in [1.165, 1.54) is 43.3 Å².